The Balaban J connectivity index is 1.34. The highest BCUT2D eigenvalue weighted by atomic mass is 16.2. The average molecular weight is 544 g/mol. The van der Waals surface area contributed by atoms with Crippen LogP contribution in [0.4, 0.5) is 23.1 Å². The van der Waals surface area contributed by atoms with E-state index in [9.17, 15) is 9.59 Å². The quantitative estimate of drug-likeness (QED) is 0.171. The van der Waals surface area contributed by atoms with Crippen LogP contribution in [0.2, 0.25) is 0 Å². The van der Waals surface area contributed by atoms with E-state index in [0.29, 0.717) is 34.4 Å². The predicted molar refractivity (Wildman–Crippen MR) is 163 cm³/mol. The molecule has 0 amide bonds. The number of anilines is 4. The fourth-order valence-corrected chi connectivity index (χ4v) is 5.61. The van der Waals surface area contributed by atoms with Crippen LogP contribution >= 0.6 is 0 Å². The number of benzene rings is 4. The first-order valence-electron chi connectivity index (χ1n) is 13.5. The van der Waals surface area contributed by atoms with Crippen molar-refractivity contribution in [3.8, 4) is 0 Å². The van der Waals surface area contributed by atoms with Gasteiger partial charge in [-0.3, -0.25) is 19.4 Å². The maximum atomic E-state index is 13.6. The van der Waals surface area contributed by atoms with Gasteiger partial charge in [-0.2, -0.15) is 0 Å². The molecule has 0 N–H and O–H groups in total. The van der Waals surface area contributed by atoms with Gasteiger partial charge in [-0.15, -0.1) is 0 Å². The number of rotatable bonds is 3. The lowest BCUT2D eigenvalue weighted by molar-refractivity contribution is 0.0989. The van der Waals surface area contributed by atoms with Gasteiger partial charge < -0.3 is 0 Å². The minimum Gasteiger partial charge on any atom is -0.288 e. The largest absolute Gasteiger partial charge is 0.288 e. The Labute approximate surface area is 240 Å². The number of Topliss-reactive ketones (excluding diaryl/α,β-unsaturated/α-hetero) is 2. The molecule has 0 radical (unpaired) electrons. The summed E-state index contributed by atoms with van der Waals surface area (Å²) in [5.74, 6) is 1.91. The predicted octanol–water partition coefficient (Wildman–Crippen LogP) is 7.31. The maximum absolute atomic E-state index is 13.6. The second-order valence-corrected chi connectivity index (χ2v) is 10.1. The van der Waals surface area contributed by atoms with Crippen molar-refractivity contribution >= 4 is 56.5 Å². The Morgan fingerprint density at radius 2 is 1.14 bits per heavy atom. The molecule has 0 unspecified atom stereocenters. The highest BCUT2D eigenvalue weighted by molar-refractivity contribution is 6.40. The fourth-order valence-electron chi connectivity index (χ4n) is 5.61. The van der Waals surface area contributed by atoms with E-state index in [1.165, 1.54) is 0 Å². The number of aromatic nitrogens is 3. The van der Waals surface area contributed by atoms with E-state index >= 15 is 0 Å². The van der Waals surface area contributed by atoms with Gasteiger partial charge in [0.15, 0.2) is 23.2 Å². The van der Waals surface area contributed by atoms with Gasteiger partial charge in [-0.05, 0) is 71.5 Å². The summed E-state index contributed by atoms with van der Waals surface area (Å²) in [5.41, 5.74) is 3.31. The fraction of sp³-hybridized carbons (Fsp3) is 0. The van der Waals surface area contributed by atoms with Gasteiger partial charge in [-0.25, -0.2) is 15.0 Å². The molecule has 198 valence electrons. The standard InChI is InChI=1S/C35H21N5O2/c41-32-25(33(42)27-21-23-11-5-4-10-22(23)20-26(27)32)17-18-31-39(24-12-2-1-3-13-24)34-35(40(31)30-16-8-9-19-36-30)38-29-15-7-6-14-28(29)37-34/h1-21H/b31-18+. The van der Waals surface area contributed by atoms with Crippen LogP contribution < -0.4 is 9.80 Å². The van der Waals surface area contributed by atoms with Crippen molar-refractivity contribution in [2.75, 3.05) is 9.80 Å². The molecule has 0 atom stereocenters. The molecule has 0 spiro atoms. The van der Waals surface area contributed by atoms with E-state index in [2.05, 4.69) is 4.98 Å². The first-order valence-corrected chi connectivity index (χ1v) is 13.5. The molecule has 0 saturated carbocycles. The third kappa shape index (κ3) is 3.64. The van der Waals surface area contributed by atoms with Crippen LogP contribution in [-0.4, -0.2) is 26.5 Å². The van der Waals surface area contributed by atoms with Gasteiger partial charge in [-0.1, -0.05) is 60.7 Å². The van der Waals surface area contributed by atoms with Gasteiger partial charge in [0, 0.05) is 23.0 Å². The lowest BCUT2D eigenvalue weighted by Gasteiger charge is -2.23. The topological polar surface area (TPSA) is 79.3 Å². The molecule has 2 aromatic heterocycles. The molecular formula is C35H21N5O2. The second-order valence-electron chi connectivity index (χ2n) is 10.1. The molecule has 6 aromatic rings. The van der Waals surface area contributed by atoms with E-state index in [1.807, 2.05) is 107 Å². The molecule has 1 aliphatic heterocycles. The van der Waals surface area contributed by atoms with Crippen LogP contribution in [0, 0.1) is 0 Å². The molecule has 1 aliphatic carbocycles. The molecule has 2 aliphatic rings. The van der Waals surface area contributed by atoms with E-state index in [4.69, 9.17) is 9.97 Å². The van der Waals surface area contributed by atoms with Crippen LogP contribution in [-0.2, 0) is 0 Å². The monoisotopic (exact) mass is 543 g/mol. The molecular weight excluding hydrogens is 522 g/mol. The smallest absolute Gasteiger partial charge is 0.197 e. The van der Waals surface area contributed by atoms with Crippen LogP contribution in [0.5, 0.6) is 0 Å². The van der Waals surface area contributed by atoms with E-state index < -0.39 is 0 Å². The molecule has 4 aromatic carbocycles. The average Bonchev–Trinajstić information content (AvgIpc) is 3.47. The van der Waals surface area contributed by atoms with Crippen molar-refractivity contribution in [1.29, 1.82) is 0 Å². The molecule has 0 fully saturated rings. The SMILES string of the molecule is O=C1C(=C/C=C2\N(c3ccccc3)c3nc4ccccc4nc3N2c2ccccn2)C(=O)c2cc3ccccc3cc21. The van der Waals surface area contributed by atoms with Crippen LogP contribution in [0.3, 0.4) is 0 Å². The minimum absolute atomic E-state index is 0.115. The van der Waals surface area contributed by atoms with Gasteiger partial charge >= 0.3 is 0 Å². The first kappa shape index (κ1) is 23.9. The number of carbonyl (C=O) groups is 2. The third-order valence-corrected chi connectivity index (χ3v) is 7.57. The number of hydrogen-bond donors (Lipinski definition) is 0. The van der Waals surface area contributed by atoms with E-state index in [1.54, 1.807) is 30.5 Å². The maximum Gasteiger partial charge on any atom is 0.197 e. The van der Waals surface area contributed by atoms with E-state index in [-0.39, 0.29) is 17.1 Å². The summed E-state index contributed by atoms with van der Waals surface area (Å²) in [6.07, 6.45) is 5.12. The van der Waals surface area contributed by atoms with Crippen molar-refractivity contribution < 1.29 is 9.59 Å². The number of carbonyl (C=O) groups excluding carboxylic acids is 2. The van der Waals surface area contributed by atoms with Crippen molar-refractivity contribution in [1.82, 2.24) is 15.0 Å². The number of para-hydroxylation sites is 3. The molecule has 7 nitrogen and oxygen atoms in total. The zero-order chi connectivity index (χ0) is 28.2. The van der Waals surface area contributed by atoms with Crippen LogP contribution in [0.25, 0.3) is 21.8 Å². The first-order chi connectivity index (χ1) is 20.7. The highest BCUT2D eigenvalue weighted by Crippen LogP contribution is 2.47. The van der Waals surface area contributed by atoms with Gasteiger partial charge in [0.2, 0.25) is 0 Å². The number of allylic oxidation sites excluding steroid dienone is 3. The number of nitrogens with zero attached hydrogens (tertiary/aromatic N) is 5. The molecule has 0 saturated heterocycles. The highest BCUT2D eigenvalue weighted by Gasteiger charge is 2.38. The number of ketones is 2. The zero-order valence-electron chi connectivity index (χ0n) is 22.2. The number of fused-ring (bicyclic) bond motifs is 4. The van der Waals surface area contributed by atoms with Crippen molar-refractivity contribution in [3.63, 3.8) is 0 Å². The molecule has 0 bridgehead atoms. The van der Waals surface area contributed by atoms with Crippen molar-refractivity contribution in [2.24, 2.45) is 0 Å². The summed E-state index contributed by atoms with van der Waals surface area (Å²) in [6.45, 7) is 0. The number of pyridine rings is 1. The third-order valence-electron chi connectivity index (χ3n) is 7.57. The normalized spacial score (nSPS) is 15.1. The van der Waals surface area contributed by atoms with Crippen molar-refractivity contribution in [2.45, 2.75) is 0 Å². The second kappa shape index (κ2) is 9.31. The van der Waals surface area contributed by atoms with Crippen LogP contribution in [0.1, 0.15) is 20.7 Å². The Bertz CT molecular complexity index is 1990. The molecule has 7 heteroatoms. The lowest BCUT2D eigenvalue weighted by Crippen LogP contribution is -2.22. The minimum atomic E-state index is -0.286. The Morgan fingerprint density at radius 3 is 1.76 bits per heavy atom. The Morgan fingerprint density at radius 1 is 0.571 bits per heavy atom. The van der Waals surface area contributed by atoms with E-state index in [0.717, 1.165) is 27.5 Å². The number of hydrogen-bond acceptors (Lipinski definition) is 7. The summed E-state index contributed by atoms with van der Waals surface area (Å²) in [4.78, 5) is 45.6. The van der Waals surface area contributed by atoms with Gasteiger partial charge in [0.05, 0.1) is 16.6 Å². The van der Waals surface area contributed by atoms with Gasteiger partial charge in [0.25, 0.3) is 0 Å². The molecule has 8 rings (SSSR count). The lowest BCUT2D eigenvalue weighted by atomic mass is 10.0. The molecule has 3 heterocycles. The molecule has 42 heavy (non-hydrogen) atoms. The summed E-state index contributed by atoms with van der Waals surface area (Å²) < 4.78 is 0. The Hall–Kier alpha value is -5.95. The Kier molecular flexibility index (Phi) is 5.30. The summed E-state index contributed by atoms with van der Waals surface area (Å²) in [6, 6.07) is 34.5. The summed E-state index contributed by atoms with van der Waals surface area (Å²) in [5, 5.41) is 1.84. The summed E-state index contributed by atoms with van der Waals surface area (Å²) >= 11 is 0. The van der Waals surface area contributed by atoms with Crippen molar-refractivity contribution in [3.05, 3.63) is 150 Å². The van der Waals surface area contributed by atoms with Crippen LogP contribution in [0.15, 0.2) is 139 Å². The summed E-state index contributed by atoms with van der Waals surface area (Å²) in [7, 11) is 0. The zero-order valence-corrected chi connectivity index (χ0v) is 22.2. The van der Waals surface area contributed by atoms with Gasteiger partial charge in [0.1, 0.15) is 11.6 Å².